The Morgan fingerprint density at radius 2 is 1.84 bits per heavy atom. The van der Waals surface area contributed by atoms with Gasteiger partial charge in [-0.2, -0.15) is 0 Å². The SMILES string of the molecule is COCCN1C(=O)/C(=C\c2cc(C)n(-c3ccc(C)c(Cl)c3)c2C)C(C(=O)OC)=C1C. The number of carbonyl (C=O) groups is 2. The van der Waals surface area contributed by atoms with Crippen LogP contribution < -0.4 is 0 Å². The van der Waals surface area contributed by atoms with Gasteiger partial charge in [-0.05, 0) is 63.1 Å². The standard InChI is InChI=1S/C24H27ClN2O4/c1-14-7-8-19(13-21(14)25)27-15(2)11-18(16(27)3)12-20-22(24(29)31-6)17(4)26(23(20)28)9-10-30-5/h7-8,11-13H,9-10H2,1-6H3/b20-12-. The lowest BCUT2D eigenvalue weighted by Gasteiger charge is -2.16. The van der Waals surface area contributed by atoms with E-state index in [9.17, 15) is 9.59 Å². The second-order valence-corrected chi connectivity index (χ2v) is 7.96. The van der Waals surface area contributed by atoms with Crippen LogP contribution in [0.5, 0.6) is 0 Å². The molecule has 0 saturated carbocycles. The number of hydrogen-bond acceptors (Lipinski definition) is 4. The van der Waals surface area contributed by atoms with Crippen molar-refractivity contribution in [1.29, 1.82) is 0 Å². The minimum Gasteiger partial charge on any atom is -0.465 e. The maximum absolute atomic E-state index is 13.1. The van der Waals surface area contributed by atoms with Crippen LogP contribution in [0, 0.1) is 20.8 Å². The Bertz CT molecular complexity index is 1110. The maximum Gasteiger partial charge on any atom is 0.340 e. The molecule has 0 aliphatic carbocycles. The number of hydrogen-bond donors (Lipinski definition) is 0. The van der Waals surface area contributed by atoms with Gasteiger partial charge in [0.15, 0.2) is 0 Å². The van der Waals surface area contributed by atoms with Crippen LogP contribution in [0.2, 0.25) is 5.02 Å². The summed E-state index contributed by atoms with van der Waals surface area (Å²) in [6.07, 6.45) is 1.76. The molecule has 0 N–H and O–H groups in total. The number of ether oxygens (including phenoxy) is 2. The topological polar surface area (TPSA) is 60.8 Å². The van der Waals surface area contributed by atoms with Gasteiger partial charge in [-0.25, -0.2) is 4.79 Å². The predicted molar refractivity (Wildman–Crippen MR) is 121 cm³/mol. The summed E-state index contributed by atoms with van der Waals surface area (Å²) in [5, 5.41) is 0.691. The molecule has 1 aliphatic rings. The molecule has 6 nitrogen and oxygen atoms in total. The summed E-state index contributed by atoms with van der Waals surface area (Å²) < 4.78 is 12.2. The average molecular weight is 443 g/mol. The van der Waals surface area contributed by atoms with Gasteiger partial charge in [0.2, 0.25) is 0 Å². The van der Waals surface area contributed by atoms with Gasteiger partial charge in [-0.3, -0.25) is 4.79 Å². The van der Waals surface area contributed by atoms with Gasteiger partial charge in [-0.1, -0.05) is 17.7 Å². The number of halogens is 1. The molecule has 0 saturated heterocycles. The van der Waals surface area contributed by atoms with E-state index in [1.54, 1.807) is 25.0 Å². The van der Waals surface area contributed by atoms with Crippen LogP contribution in [0.4, 0.5) is 0 Å². The van der Waals surface area contributed by atoms with Crippen LogP contribution in [0.1, 0.15) is 29.4 Å². The van der Waals surface area contributed by atoms with Crippen LogP contribution >= 0.6 is 11.6 Å². The van der Waals surface area contributed by atoms with E-state index in [-0.39, 0.29) is 11.5 Å². The Morgan fingerprint density at radius 1 is 1.13 bits per heavy atom. The lowest BCUT2D eigenvalue weighted by Crippen LogP contribution is -2.28. The third kappa shape index (κ3) is 4.18. The molecule has 164 valence electrons. The Morgan fingerprint density at radius 3 is 2.45 bits per heavy atom. The lowest BCUT2D eigenvalue weighted by molar-refractivity contribution is -0.136. The molecular weight excluding hydrogens is 416 g/mol. The number of aromatic nitrogens is 1. The summed E-state index contributed by atoms with van der Waals surface area (Å²) in [6.45, 7) is 8.41. The molecule has 2 heterocycles. The molecule has 1 amide bonds. The van der Waals surface area contributed by atoms with Crippen molar-refractivity contribution in [2.75, 3.05) is 27.4 Å². The Labute approximate surface area is 187 Å². The van der Waals surface area contributed by atoms with E-state index in [0.717, 1.165) is 28.2 Å². The van der Waals surface area contributed by atoms with Crippen molar-refractivity contribution in [3.63, 3.8) is 0 Å². The molecule has 0 radical (unpaired) electrons. The summed E-state index contributed by atoms with van der Waals surface area (Å²) in [5.41, 5.74) is 5.90. The summed E-state index contributed by atoms with van der Waals surface area (Å²) in [7, 11) is 2.89. The highest BCUT2D eigenvalue weighted by Gasteiger charge is 2.37. The smallest absolute Gasteiger partial charge is 0.340 e. The van der Waals surface area contributed by atoms with E-state index in [0.29, 0.717) is 29.4 Å². The molecule has 31 heavy (non-hydrogen) atoms. The molecule has 1 aliphatic heterocycles. The highest BCUT2D eigenvalue weighted by atomic mass is 35.5. The number of nitrogens with zero attached hydrogens (tertiary/aromatic N) is 2. The normalized spacial score (nSPS) is 15.4. The molecule has 0 fully saturated rings. The molecule has 0 atom stereocenters. The first-order valence-corrected chi connectivity index (χ1v) is 10.4. The Hall–Kier alpha value is -2.83. The molecule has 0 spiro atoms. The van der Waals surface area contributed by atoms with Crippen molar-refractivity contribution in [2.45, 2.75) is 27.7 Å². The lowest BCUT2D eigenvalue weighted by atomic mass is 10.0. The number of amides is 1. The largest absolute Gasteiger partial charge is 0.465 e. The van der Waals surface area contributed by atoms with E-state index in [1.165, 1.54) is 7.11 Å². The van der Waals surface area contributed by atoms with Gasteiger partial charge in [-0.15, -0.1) is 0 Å². The summed E-state index contributed by atoms with van der Waals surface area (Å²) >= 11 is 6.33. The van der Waals surface area contributed by atoms with Crippen LogP contribution in [0.15, 0.2) is 41.1 Å². The van der Waals surface area contributed by atoms with Crippen molar-refractivity contribution >= 4 is 29.6 Å². The molecule has 0 bridgehead atoms. The molecular formula is C24H27ClN2O4. The van der Waals surface area contributed by atoms with Crippen LogP contribution in [-0.2, 0) is 19.1 Å². The van der Waals surface area contributed by atoms with Gasteiger partial charge in [0.25, 0.3) is 5.91 Å². The van der Waals surface area contributed by atoms with Crippen LogP contribution in [-0.4, -0.2) is 48.7 Å². The summed E-state index contributed by atoms with van der Waals surface area (Å²) in [6, 6.07) is 7.90. The molecule has 3 rings (SSSR count). The number of carbonyl (C=O) groups excluding carboxylic acids is 2. The van der Waals surface area contributed by atoms with Gasteiger partial charge >= 0.3 is 5.97 Å². The third-order valence-electron chi connectivity index (χ3n) is 5.60. The van der Waals surface area contributed by atoms with E-state index < -0.39 is 5.97 Å². The number of allylic oxidation sites excluding steroid dienone is 1. The minimum absolute atomic E-state index is 0.238. The van der Waals surface area contributed by atoms with E-state index in [4.69, 9.17) is 21.1 Å². The van der Waals surface area contributed by atoms with E-state index >= 15 is 0 Å². The van der Waals surface area contributed by atoms with E-state index in [2.05, 4.69) is 4.57 Å². The first-order chi connectivity index (χ1) is 14.7. The van der Waals surface area contributed by atoms with Crippen LogP contribution in [0.3, 0.4) is 0 Å². The van der Waals surface area contributed by atoms with Crippen molar-refractivity contribution in [1.82, 2.24) is 9.47 Å². The zero-order valence-electron chi connectivity index (χ0n) is 18.7. The molecule has 2 aromatic rings. The number of rotatable bonds is 6. The number of benzene rings is 1. The summed E-state index contributed by atoms with van der Waals surface area (Å²) in [4.78, 5) is 27.2. The Kier molecular flexibility index (Phi) is 6.72. The fourth-order valence-corrected chi connectivity index (χ4v) is 4.06. The highest BCUT2D eigenvalue weighted by molar-refractivity contribution is 6.31. The third-order valence-corrected chi connectivity index (χ3v) is 6.01. The van der Waals surface area contributed by atoms with Crippen molar-refractivity contribution < 1.29 is 19.1 Å². The van der Waals surface area contributed by atoms with E-state index in [1.807, 2.05) is 45.0 Å². The van der Waals surface area contributed by atoms with Gasteiger partial charge in [0.1, 0.15) is 0 Å². The molecule has 1 aromatic heterocycles. The Balaban J connectivity index is 2.10. The quantitative estimate of drug-likeness (QED) is 0.492. The predicted octanol–water partition coefficient (Wildman–Crippen LogP) is 4.37. The fourth-order valence-electron chi connectivity index (χ4n) is 3.89. The summed E-state index contributed by atoms with van der Waals surface area (Å²) in [5.74, 6) is -0.769. The van der Waals surface area contributed by atoms with Crippen molar-refractivity contribution in [2.24, 2.45) is 0 Å². The molecule has 1 aromatic carbocycles. The first-order valence-electron chi connectivity index (χ1n) is 9.98. The monoisotopic (exact) mass is 442 g/mol. The second kappa shape index (κ2) is 9.12. The maximum atomic E-state index is 13.1. The van der Waals surface area contributed by atoms with Crippen molar-refractivity contribution in [3.05, 3.63) is 68.6 Å². The number of esters is 1. The molecule has 0 unspecified atom stereocenters. The number of aryl methyl sites for hydroxylation is 2. The average Bonchev–Trinajstić information content (AvgIpc) is 3.14. The first kappa shape index (κ1) is 22.8. The fraction of sp³-hybridized carbons (Fsp3) is 0.333. The highest BCUT2D eigenvalue weighted by Crippen LogP contribution is 2.33. The van der Waals surface area contributed by atoms with Crippen LogP contribution in [0.25, 0.3) is 11.8 Å². The number of methoxy groups -OCH3 is 2. The molecule has 7 heteroatoms. The zero-order valence-corrected chi connectivity index (χ0v) is 19.5. The van der Waals surface area contributed by atoms with Gasteiger partial charge < -0.3 is 18.9 Å². The van der Waals surface area contributed by atoms with Gasteiger partial charge in [0, 0.05) is 41.4 Å². The second-order valence-electron chi connectivity index (χ2n) is 7.55. The van der Waals surface area contributed by atoms with Crippen molar-refractivity contribution in [3.8, 4) is 5.69 Å². The van der Waals surface area contributed by atoms with Gasteiger partial charge in [0.05, 0.1) is 24.9 Å². The zero-order chi connectivity index (χ0) is 22.9. The minimum atomic E-state index is -0.531.